The van der Waals surface area contributed by atoms with Gasteiger partial charge in [0.2, 0.25) is 0 Å². The molecule has 0 aliphatic heterocycles. The standard InChI is InChI=1S/C11H22O2S/c1-2-3-4-5-7-10(11(13)14)8-6-9-12/h10,12H,2-9H2,1H3,(H,13,14). The minimum absolute atomic E-state index is 0.0186. The zero-order valence-corrected chi connectivity index (χ0v) is 9.93. The molecule has 2 nitrogen and oxygen atoms in total. The number of carbonyl (C=O) groups is 1. The number of hydrogen-bond acceptors (Lipinski definition) is 2. The van der Waals surface area contributed by atoms with Crippen LogP contribution in [-0.2, 0) is 4.79 Å². The van der Waals surface area contributed by atoms with Crippen molar-refractivity contribution in [1.29, 1.82) is 0 Å². The molecule has 3 heteroatoms. The van der Waals surface area contributed by atoms with E-state index in [2.05, 4.69) is 19.6 Å². The highest BCUT2D eigenvalue weighted by atomic mass is 32.1. The van der Waals surface area contributed by atoms with Gasteiger partial charge in [0.25, 0.3) is 0 Å². The quantitative estimate of drug-likeness (QED) is 0.461. The van der Waals surface area contributed by atoms with Crippen molar-refractivity contribution in [3.05, 3.63) is 0 Å². The van der Waals surface area contributed by atoms with Crippen molar-refractivity contribution in [3.8, 4) is 0 Å². The number of rotatable bonds is 9. The lowest BCUT2D eigenvalue weighted by atomic mass is 9.97. The van der Waals surface area contributed by atoms with Crippen molar-refractivity contribution >= 4 is 17.7 Å². The first-order chi connectivity index (χ1) is 6.72. The van der Waals surface area contributed by atoms with Crippen molar-refractivity contribution in [2.75, 3.05) is 6.61 Å². The Bertz CT molecular complexity index is 148. The molecule has 0 amide bonds. The molecule has 0 aromatic carbocycles. The van der Waals surface area contributed by atoms with E-state index < -0.39 is 0 Å². The van der Waals surface area contributed by atoms with E-state index in [9.17, 15) is 4.79 Å². The van der Waals surface area contributed by atoms with Crippen molar-refractivity contribution in [2.24, 2.45) is 5.92 Å². The fourth-order valence-corrected chi connectivity index (χ4v) is 1.80. The molecule has 1 N–H and O–H groups in total. The van der Waals surface area contributed by atoms with E-state index in [4.69, 9.17) is 5.11 Å². The number of aliphatic hydroxyl groups excluding tert-OH is 1. The second kappa shape index (κ2) is 9.53. The maximum atomic E-state index is 11.1. The second-order valence-electron chi connectivity index (χ2n) is 3.75. The molecular formula is C11H22O2S. The van der Waals surface area contributed by atoms with E-state index in [1.54, 1.807) is 0 Å². The number of unbranched alkanes of at least 4 members (excludes halogenated alkanes) is 3. The van der Waals surface area contributed by atoms with E-state index in [-0.39, 0.29) is 17.6 Å². The third-order valence-corrected chi connectivity index (χ3v) is 2.83. The van der Waals surface area contributed by atoms with Gasteiger partial charge < -0.3 is 5.11 Å². The van der Waals surface area contributed by atoms with Crippen molar-refractivity contribution in [3.63, 3.8) is 0 Å². The molecule has 0 radical (unpaired) electrons. The number of thiol groups is 1. The molecule has 0 rings (SSSR count). The monoisotopic (exact) mass is 218 g/mol. The van der Waals surface area contributed by atoms with Gasteiger partial charge in [-0.3, -0.25) is 4.79 Å². The predicted molar refractivity (Wildman–Crippen MR) is 62.6 cm³/mol. The van der Waals surface area contributed by atoms with Gasteiger partial charge in [0.05, 0.1) is 0 Å². The summed E-state index contributed by atoms with van der Waals surface area (Å²) in [6.07, 6.45) is 7.20. The molecule has 1 atom stereocenters. The fraction of sp³-hybridized carbons (Fsp3) is 0.909. The summed E-state index contributed by atoms with van der Waals surface area (Å²) in [5.74, 6) is 0.0577. The van der Waals surface area contributed by atoms with Crippen LogP contribution in [0, 0.1) is 5.92 Å². The molecule has 0 saturated heterocycles. The zero-order chi connectivity index (χ0) is 10.8. The summed E-state index contributed by atoms with van der Waals surface area (Å²) in [7, 11) is 0. The SMILES string of the molecule is CCCCCCC(CCCO)C(=O)S. The van der Waals surface area contributed by atoms with Gasteiger partial charge in [0, 0.05) is 12.5 Å². The van der Waals surface area contributed by atoms with Crippen molar-refractivity contribution in [2.45, 2.75) is 51.9 Å². The van der Waals surface area contributed by atoms with Crippen LogP contribution in [0.4, 0.5) is 0 Å². The summed E-state index contributed by atoms with van der Waals surface area (Å²) in [4.78, 5) is 11.1. The van der Waals surface area contributed by atoms with Crippen LogP contribution in [-0.4, -0.2) is 16.8 Å². The normalized spacial score (nSPS) is 12.8. The lowest BCUT2D eigenvalue weighted by molar-refractivity contribution is -0.114. The Kier molecular flexibility index (Phi) is 9.52. The van der Waals surface area contributed by atoms with Crippen LogP contribution < -0.4 is 0 Å². The van der Waals surface area contributed by atoms with Gasteiger partial charge in [-0.2, -0.15) is 0 Å². The fourth-order valence-electron chi connectivity index (χ4n) is 1.55. The van der Waals surface area contributed by atoms with E-state index in [1.807, 2.05) is 0 Å². The summed E-state index contributed by atoms with van der Waals surface area (Å²) in [6, 6.07) is 0. The van der Waals surface area contributed by atoms with E-state index in [1.165, 1.54) is 19.3 Å². The zero-order valence-electron chi connectivity index (χ0n) is 9.04. The van der Waals surface area contributed by atoms with Gasteiger partial charge in [0.15, 0.2) is 5.12 Å². The van der Waals surface area contributed by atoms with E-state index >= 15 is 0 Å². The smallest absolute Gasteiger partial charge is 0.188 e. The van der Waals surface area contributed by atoms with Gasteiger partial charge in [0.1, 0.15) is 0 Å². The lowest BCUT2D eigenvalue weighted by Crippen LogP contribution is -2.09. The molecule has 14 heavy (non-hydrogen) atoms. The number of hydrogen-bond donors (Lipinski definition) is 2. The first kappa shape index (κ1) is 14.0. The van der Waals surface area contributed by atoms with Gasteiger partial charge in [-0.1, -0.05) is 32.6 Å². The predicted octanol–water partition coefficient (Wildman–Crippen LogP) is 2.80. The summed E-state index contributed by atoms with van der Waals surface area (Å²) in [5, 5.41) is 8.65. The molecular weight excluding hydrogens is 196 g/mol. The second-order valence-corrected chi connectivity index (χ2v) is 4.19. The lowest BCUT2D eigenvalue weighted by Gasteiger charge is -2.11. The summed E-state index contributed by atoms with van der Waals surface area (Å²) in [6.45, 7) is 2.35. The Balaban J connectivity index is 3.57. The average Bonchev–Trinajstić information content (AvgIpc) is 2.16. The van der Waals surface area contributed by atoms with Crippen molar-refractivity contribution in [1.82, 2.24) is 0 Å². The molecule has 0 aromatic rings. The molecule has 1 unspecified atom stereocenters. The van der Waals surface area contributed by atoms with Gasteiger partial charge in [-0.15, -0.1) is 12.6 Å². The van der Waals surface area contributed by atoms with Gasteiger partial charge >= 0.3 is 0 Å². The van der Waals surface area contributed by atoms with Crippen LogP contribution >= 0.6 is 12.6 Å². The first-order valence-electron chi connectivity index (χ1n) is 5.56. The third kappa shape index (κ3) is 7.39. The molecule has 0 spiro atoms. The minimum atomic E-state index is -0.0186. The molecule has 0 aliphatic rings. The van der Waals surface area contributed by atoms with Crippen LogP contribution in [0.3, 0.4) is 0 Å². The van der Waals surface area contributed by atoms with Crippen LogP contribution in [0.1, 0.15) is 51.9 Å². The molecule has 0 heterocycles. The Morgan fingerprint density at radius 3 is 2.36 bits per heavy atom. The van der Waals surface area contributed by atoms with E-state index in [0.717, 1.165) is 19.3 Å². The van der Waals surface area contributed by atoms with Crippen LogP contribution in [0.2, 0.25) is 0 Å². The highest BCUT2D eigenvalue weighted by Gasteiger charge is 2.13. The average molecular weight is 218 g/mol. The van der Waals surface area contributed by atoms with Crippen LogP contribution in [0.15, 0.2) is 0 Å². The largest absolute Gasteiger partial charge is 0.396 e. The molecule has 0 aliphatic carbocycles. The molecule has 0 bridgehead atoms. The summed E-state index contributed by atoms with van der Waals surface area (Å²) < 4.78 is 0. The Hall–Kier alpha value is -0.0200. The maximum Gasteiger partial charge on any atom is 0.188 e. The highest BCUT2D eigenvalue weighted by molar-refractivity contribution is 7.96. The minimum Gasteiger partial charge on any atom is -0.396 e. The molecule has 0 aromatic heterocycles. The van der Waals surface area contributed by atoms with Gasteiger partial charge in [-0.25, -0.2) is 0 Å². The van der Waals surface area contributed by atoms with Crippen LogP contribution in [0.25, 0.3) is 0 Å². The van der Waals surface area contributed by atoms with Crippen molar-refractivity contribution < 1.29 is 9.90 Å². The van der Waals surface area contributed by atoms with E-state index in [0.29, 0.717) is 6.42 Å². The molecule has 0 fully saturated rings. The Morgan fingerprint density at radius 1 is 1.21 bits per heavy atom. The topological polar surface area (TPSA) is 37.3 Å². The number of aliphatic hydroxyl groups is 1. The maximum absolute atomic E-state index is 11.1. The molecule has 0 saturated carbocycles. The van der Waals surface area contributed by atoms with Crippen LogP contribution in [0.5, 0.6) is 0 Å². The molecule has 84 valence electrons. The first-order valence-corrected chi connectivity index (χ1v) is 6.00. The summed E-state index contributed by atoms with van der Waals surface area (Å²) >= 11 is 3.87. The van der Waals surface area contributed by atoms with Gasteiger partial charge in [-0.05, 0) is 19.3 Å². The third-order valence-electron chi connectivity index (χ3n) is 2.47. The summed E-state index contributed by atoms with van der Waals surface area (Å²) in [5.41, 5.74) is 0. The highest BCUT2D eigenvalue weighted by Crippen LogP contribution is 2.18. The number of carbonyl (C=O) groups excluding carboxylic acids is 1. The Labute approximate surface area is 92.5 Å². The Morgan fingerprint density at radius 2 is 1.86 bits per heavy atom.